The van der Waals surface area contributed by atoms with Gasteiger partial charge in [-0.1, -0.05) is 91.0 Å². The van der Waals surface area contributed by atoms with Crippen LogP contribution in [-0.2, 0) is 0 Å². The van der Waals surface area contributed by atoms with Crippen molar-refractivity contribution in [3.8, 4) is 22.5 Å². The molecule has 0 unspecified atom stereocenters. The molecule has 0 saturated heterocycles. The molecule has 0 radical (unpaired) electrons. The van der Waals surface area contributed by atoms with Gasteiger partial charge in [0.15, 0.2) is 0 Å². The van der Waals surface area contributed by atoms with E-state index in [0.29, 0.717) is 0 Å². The first-order chi connectivity index (χ1) is 22.3. The molecule has 0 aliphatic heterocycles. The summed E-state index contributed by atoms with van der Waals surface area (Å²) in [7, 11) is 0. The van der Waals surface area contributed by atoms with Gasteiger partial charge in [-0.2, -0.15) is 0 Å². The standard InChI is InChI=1S/C42H28N2S/c1-2-11-28(12-3-1)44-39-23-22-29(43-37-18-7-4-13-31(37)32-14-5-8-19-38(32)43)26-35(39)34-17-10-16-30(42(34)44)27-21-24-41-36(25-27)33-15-6-9-20-40(33)45-41/h1-5,7-8,10-26H,6,9H2. The molecular weight excluding hydrogens is 565 g/mol. The molecule has 0 saturated carbocycles. The lowest BCUT2D eigenvalue weighted by atomic mass is 10.00. The number of fused-ring (bicyclic) bond motifs is 9. The quantitative estimate of drug-likeness (QED) is 0.193. The molecule has 45 heavy (non-hydrogen) atoms. The largest absolute Gasteiger partial charge is 0.309 e. The summed E-state index contributed by atoms with van der Waals surface area (Å²) in [5.41, 5.74) is 9.78. The number of hydrogen-bond acceptors (Lipinski definition) is 1. The van der Waals surface area contributed by atoms with E-state index < -0.39 is 0 Å². The number of rotatable bonds is 3. The van der Waals surface area contributed by atoms with Crippen LogP contribution in [0.15, 0.2) is 133 Å². The van der Waals surface area contributed by atoms with Gasteiger partial charge in [-0.25, -0.2) is 0 Å². The Kier molecular flexibility index (Phi) is 5.31. The molecule has 10 rings (SSSR count). The van der Waals surface area contributed by atoms with Crippen molar-refractivity contribution < 1.29 is 0 Å². The molecule has 9 aromatic rings. The monoisotopic (exact) mass is 592 g/mol. The smallest absolute Gasteiger partial charge is 0.0619 e. The Bertz CT molecular complexity index is 2700. The van der Waals surface area contributed by atoms with E-state index in [1.165, 1.54) is 86.0 Å². The highest BCUT2D eigenvalue weighted by Gasteiger charge is 2.19. The van der Waals surface area contributed by atoms with Crippen LogP contribution in [-0.4, -0.2) is 9.13 Å². The second-order valence-corrected chi connectivity index (χ2v) is 13.1. The highest BCUT2D eigenvalue weighted by Crippen LogP contribution is 2.40. The van der Waals surface area contributed by atoms with Crippen molar-refractivity contribution in [1.82, 2.24) is 9.13 Å². The van der Waals surface area contributed by atoms with E-state index in [1.807, 2.05) is 11.3 Å². The first-order valence-electron chi connectivity index (χ1n) is 15.7. The molecule has 212 valence electrons. The Morgan fingerprint density at radius 3 is 2.00 bits per heavy atom. The highest BCUT2D eigenvalue weighted by atomic mass is 32.1. The van der Waals surface area contributed by atoms with Crippen LogP contribution in [0.2, 0.25) is 0 Å². The zero-order valence-electron chi connectivity index (χ0n) is 24.6. The maximum Gasteiger partial charge on any atom is 0.0619 e. The molecule has 1 aliphatic carbocycles. The molecular formula is C42H28N2S. The molecule has 0 atom stereocenters. The van der Waals surface area contributed by atoms with E-state index in [9.17, 15) is 0 Å². The third-order valence-electron chi connectivity index (χ3n) is 9.53. The summed E-state index contributed by atoms with van der Waals surface area (Å²) < 4.78 is 7.66. The van der Waals surface area contributed by atoms with Crippen molar-refractivity contribution in [1.29, 1.82) is 0 Å². The minimum Gasteiger partial charge on any atom is -0.309 e. The van der Waals surface area contributed by atoms with Gasteiger partial charge >= 0.3 is 0 Å². The molecule has 6 aromatic carbocycles. The van der Waals surface area contributed by atoms with Gasteiger partial charge in [0, 0.05) is 53.1 Å². The topological polar surface area (TPSA) is 9.86 Å². The summed E-state index contributed by atoms with van der Waals surface area (Å²) >= 11 is 1.92. The van der Waals surface area contributed by atoms with Crippen LogP contribution in [0.4, 0.5) is 0 Å². The SMILES string of the molecule is C1=c2sc3ccc(-c4cccc5c6cc(-n7c8ccccc8c8ccccc87)ccc6n(-c6ccccc6)c45)cc3c2=CCC1. The fourth-order valence-corrected chi connectivity index (χ4v) is 8.74. The van der Waals surface area contributed by atoms with E-state index in [1.54, 1.807) is 0 Å². The predicted octanol–water partition coefficient (Wildman–Crippen LogP) is 10.1. The number of thiophene rings is 1. The van der Waals surface area contributed by atoms with Gasteiger partial charge in [0.2, 0.25) is 0 Å². The number of benzene rings is 6. The fourth-order valence-electron chi connectivity index (χ4n) is 7.58. The van der Waals surface area contributed by atoms with Crippen molar-refractivity contribution in [2.75, 3.05) is 0 Å². The average molecular weight is 593 g/mol. The van der Waals surface area contributed by atoms with Crippen LogP contribution >= 0.6 is 11.3 Å². The van der Waals surface area contributed by atoms with Gasteiger partial charge in [0.05, 0.1) is 22.1 Å². The Labute approximate surface area is 264 Å². The Balaban J connectivity index is 1.29. The van der Waals surface area contributed by atoms with Crippen molar-refractivity contribution in [3.05, 3.63) is 143 Å². The molecule has 0 spiro atoms. The normalized spacial score (nSPS) is 13.1. The van der Waals surface area contributed by atoms with Crippen LogP contribution in [0.25, 0.3) is 88.4 Å². The lowest BCUT2D eigenvalue weighted by molar-refractivity contribution is 1.13. The number of hydrogen-bond donors (Lipinski definition) is 0. The third kappa shape index (κ3) is 3.62. The van der Waals surface area contributed by atoms with Gasteiger partial charge in [-0.15, -0.1) is 11.3 Å². The molecule has 0 N–H and O–H groups in total. The number of aromatic nitrogens is 2. The van der Waals surface area contributed by atoms with Crippen molar-refractivity contribution in [3.63, 3.8) is 0 Å². The van der Waals surface area contributed by atoms with Crippen molar-refractivity contribution in [2.45, 2.75) is 12.8 Å². The molecule has 0 bridgehead atoms. The predicted molar refractivity (Wildman–Crippen MR) is 193 cm³/mol. The lowest BCUT2D eigenvalue weighted by Crippen LogP contribution is -2.20. The Morgan fingerprint density at radius 1 is 0.467 bits per heavy atom. The first-order valence-corrected chi connectivity index (χ1v) is 16.5. The highest BCUT2D eigenvalue weighted by molar-refractivity contribution is 7.17. The first kappa shape index (κ1) is 25.0. The van der Waals surface area contributed by atoms with Crippen LogP contribution in [0.5, 0.6) is 0 Å². The zero-order valence-corrected chi connectivity index (χ0v) is 25.4. The van der Waals surface area contributed by atoms with Crippen LogP contribution in [0.1, 0.15) is 12.8 Å². The zero-order chi connectivity index (χ0) is 29.5. The summed E-state index contributed by atoms with van der Waals surface area (Å²) in [6.45, 7) is 0. The maximum atomic E-state index is 2.46. The summed E-state index contributed by atoms with van der Waals surface area (Å²) in [5, 5.41) is 7.87. The van der Waals surface area contributed by atoms with E-state index in [2.05, 4.69) is 155 Å². The molecule has 2 nitrogen and oxygen atoms in total. The average Bonchev–Trinajstić information content (AvgIpc) is 3.76. The Morgan fingerprint density at radius 2 is 1.18 bits per heavy atom. The number of para-hydroxylation sites is 4. The molecule has 3 aromatic heterocycles. The summed E-state index contributed by atoms with van der Waals surface area (Å²) in [6.07, 6.45) is 7.09. The van der Waals surface area contributed by atoms with Gasteiger partial charge in [-0.3, -0.25) is 0 Å². The maximum absolute atomic E-state index is 2.46. The lowest BCUT2D eigenvalue weighted by Gasteiger charge is -2.12. The summed E-state index contributed by atoms with van der Waals surface area (Å²) in [5.74, 6) is 0. The third-order valence-corrected chi connectivity index (χ3v) is 10.7. The summed E-state index contributed by atoms with van der Waals surface area (Å²) in [6, 6.07) is 49.2. The van der Waals surface area contributed by atoms with Crippen LogP contribution in [0, 0.1) is 0 Å². The van der Waals surface area contributed by atoms with Crippen LogP contribution < -0.4 is 9.75 Å². The number of nitrogens with zero attached hydrogens (tertiary/aromatic N) is 2. The van der Waals surface area contributed by atoms with Gasteiger partial charge in [-0.05, 0) is 78.2 Å². The fraction of sp³-hybridized carbons (Fsp3) is 0.0476. The molecule has 3 heterocycles. The molecule has 1 aliphatic rings. The van der Waals surface area contributed by atoms with E-state index in [-0.39, 0.29) is 0 Å². The molecule has 0 amide bonds. The Hall–Kier alpha value is -5.38. The van der Waals surface area contributed by atoms with Gasteiger partial charge in [0.25, 0.3) is 0 Å². The van der Waals surface area contributed by atoms with Gasteiger partial charge in [0.1, 0.15) is 0 Å². The molecule has 0 fully saturated rings. The second kappa shape index (κ2) is 9.56. The minimum atomic E-state index is 1.12. The van der Waals surface area contributed by atoms with E-state index in [4.69, 9.17) is 0 Å². The van der Waals surface area contributed by atoms with Crippen molar-refractivity contribution in [2.24, 2.45) is 0 Å². The van der Waals surface area contributed by atoms with Crippen LogP contribution in [0.3, 0.4) is 0 Å². The van der Waals surface area contributed by atoms with Crippen molar-refractivity contribution >= 4 is 77.2 Å². The van der Waals surface area contributed by atoms with Gasteiger partial charge < -0.3 is 9.13 Å². The summed E-state index contributed by atoms with van der Waals surface area (Å²) in [4.78, 5) is 0. The van der Waals surface area contributed by atoms with E-state index >= 15 is 0 Å². The van der Waals surface area contributed by atoms with E-state index in [0.717, 1.165) is 12.8 Å². The second-order valence-electron chi connectivity index (χ2n) is 12.0. The minimum absolute atomic E-state index is 1.12. The molecule has 3 heteroatoms.